The molecule has 2 rings (SSSR count). The summed E-state index contributed by atoms with van der Waals surface area (Å²) >= 11 is 5.77. The van der Waals surface area contributed by atoms with Crippen LogP contribution in [0, 0.1) is 5.82 Å². The molecule has 2 aromatic rings. The van der Waals surface area contributed by atoms with Crippen molar-refractivity contribution in [3.63, 3.8) is 0 Å². The molecule has 6 heteroatoms. The second-order valence-electron chi connectivity index (χ2n) is 4.03. The Labute approximate surface area is 115 Å². The molecule has 1 heterocycles. The van der Waals surface area contributed by atoms with Gasteiger partial charge in [0.05, 0.1) is 11.6 Å². The Hall–Kier alpha value is -1.88. The van der Waals surface area contributed by atoms with E-state index in [-0.39, 0.29) is 11.6 Å². The maximum absolute atomic E-state index is 13.6. The number of imidazole rings is 1. The number of carbonyl (C=O) groups is 1. The van der Waals surface area contributed by atoms with Crippen molar-refractivity contribution in [1.29, 1.82) is 0 Å². The number of hydrogen-bond donors (Lipinski definition) is 2. The molecule has 0 saturated carbocycles. The van der Waals surface area contributed by atoms with E-state index < -0.39 is 11.7 Å². The minimum atomic E-state index is -0.601. The molecule has 0 radical (unpaired) electrons. The van der Waals surface area contributed by atoms with Gasteiger partial charge in [-0.3, -0.25) is 4.79 Å². The van der Waals surface area contributed by atoms with Crippen molar-refractivity contribution in [3.8, 4) is 0 Å². The van der Waals surface area contributed by atoms with Crippen molar-refractivity contribution in [1.82, 2.24) is 15.3 Å². The molecular weight excluding hydrogens is 269 g/mol. The van der Waals surface area contributed by atoms with Gasteiger partial charge in [0, 0.05) is 17.4 Å². The van der Waals surface area contributed by atoms with Gasteiger partial charge in [-0.1, -0.05) is 18.5 Å². The van der Waals surface area contributed by atoms with E-state index >= 15 is 0 Å². The molecule has 1 unspecified atom stereocenters. The Kier molecular flexibility index (Phi) is 4.16. The summed E-state index contributed by atoms with van der Waals surface area (Å²) in [7, 11) is 0. The van der Waals surface area contributed by atoms with Gasteiger partial charge >= 0.3 is 0 Å². The van der Waals surface area contributed by atoms with Gasteiger partial charge in [-0.05, 0) is 24.6 Å². The monoisotopic (exact) mass is 281 g/mol. The van der Waals surface area contributed by atoms with E-state index in [4.69, 9.17) is 11.6 Å². The van der Waals surface area contributed by atoms with E-state index in [9.17, 15) is 9.18 Å². The number of aromatic nitrogens is 2. The van der Waals surface area contributed by atoms with Crippen molar-refractivity contribution in [2.75, 3.05) is 0 Å². The van der Waals surface area contributed by atoms with Crippen molar-refractivity contribution in [2.24, 2.45) is 0 Å². The van der Waals surface area contributed by atoms with E-state index in [1.807, 2.05) is 6.92 Å². The van der Waals surface area contributed by atoms with E-state index in [1.165, 1.54) is 18.2 Å². The fourth-order valence-electron chi connectivity index (χ4n) is 1.74. The number of rotatable bonds is 4. The number of H-pyrrole nitrogens is 1. The van der Waals surface area contributed by atoms with Crippen LogP contribution in [0.1, 0.15) is 35.6 Å². The van der Waals surface area contributed by atoms with Crippen LogP contribution >= 0.6 is 11.6 Å². The van der Waals surface area contributed by atoms with Gasteiger partial charge in [0.2, 0.25) is 0 Å². The van der Waals surface area contributed by atoms with Crippen LogP contribution in [0.2, 0.25) is 5.02 Å². The third-order valence-electron chi connectivity index (χ3n) is 2.74. The summed E-state index contributed by atoms with van der Waals surface area (Å²) in [6.45, 7) is 1.90. The highest BCUT2D eigenvalue weighted by molar-refractivity contribution is 6.31. The molecule has 1 aromatic carbocycles. The van der Waals surface area contributed by atoms with Crippen molar-refractivity contribution in [3.05, 3.63) is 52.8 Å². The maximum Gasteiger partial charge on any atom is 0.254 e. The van der Waals surface area contributed by atoms with Crippen molar-refractivity contribution in [2.45, 2.75) is 19.4 Å². The number of amides is 1. The molecule has 100 valence electrons. The maximum atomic E-state index is 13.6. The Balaban J connectivity index is 2.18. The van der Waals surface area contributed by atoms with Crippen LogP contribution in [0.15, 0.2) is 30.6 Å². The van der Waals surface area contributed by atoms with Gasteiger partial charge in [0.15, 0.2) is 0 Å². The molecule has 1 aromatic heterocycles. The van der Waals surface area contributed by atoms with Crippen molar-refractivity contribution < 1.29 is 9.18 Å². The molecule has 19 heavy (non-hydrogen) atoms. The van der Waals surface area contributed by atoms with Gasteiger partial charge in [-0.25, -0.2) is 9.37 Å². The second kappa shape index (κ2) is 5.84. The van der Waals surface area contributed by atoms with Gasteiger partial charge in [-0.15, -0.1) is 0 Å². The third-order valence-corrected chi connectivity index (χ3v) is 2.97. The molecule has 0 fully saturated rings. The molecule has 0 saturated heterocycles. The SMILES string of the molecule is CCC(NC(=O)c1cc(Cl)ccc1F)c1ncc[nH]1. The normalized spacial score (nSPS) is 12.2. The quantitative estimate of drug-likeness (QED) is 0.905. The first-order valence-electron chi connectivity index (χ1n) is 5.87. The van der Waals surface area contributed by atoms with E-state index in [0.29, 0.717) is 17.3 Å². The third kappa shape index (κ3) is 3.12. The largest absolute Gasteiger partial charge is 0.347 e. The summed E-state index contributed by atoms with van der Waals surface area (Å²) < 4.78 is 13.6. The van der Waals surface area contributed by atoms with Crippen LogP contribution in [0.25, 0.3) is 0 Å². The molecule has 2 N–H and O–H groups in total. The average molecular weight is 282 g/mol. The average Bonchev–Trinajstić information content (AvgIpc) is 2.92. The Morgan fingerprint density at radius 3 is 3.00 bits per heavy atom. The standard InChI is InChI=1S/C13H13ClFN3O/c1-2-11(12-16-5-6-17-12)18-13(19)9-7-8(14)3-4-10(9)15/h3-7,11H,2H2,1H3,(H,16,17)(H,18,19). The van der Waals surface area contributed by atoms with E-state index in [2.05, 4.69) is 15.3 Å². The number of benzene rings is 1. The number of hydrogen-bond acceptors (Lipinski definition) is 2. The fraction of sp³-hybridized carbons (Fsp3) is 0.231. The molecule has 1 amide bonds. The highest BCUT2D eigenvalue weighted by Crippen LogP contribution is 2.17. The predicted molar refractivity (Wildman–Crippen MR) is 70.5 cm³/mol. The minimum Gasteiger partial charge on any atom is -0.347 e. The molecule has 0 bridgehead atoms. The topological polar surface area (TPSA) is 57.8 Å². The van der Waals surface area contributed by atoms with Crippen LogP contribution in [-0.2, 0) is 0 Å². The number of carbonyl (C=O) groups excluding carboxylic acids is 1. The summed E-state index contributed by atoms with van der Waals surface area (Å²) in [6.07, 6.45) is 3.91. The number of nitrogens with zero attached hydrogens (tertiary/aromatic N) is 1. The Morgan fingerprint density at radius 2 is 2.37 bits per heavy atom. The van der Waals surface area contributed by atoms with Gasteiger partial charge < -0.3 is 10.3 Å². The zero-order valence-electron chi connectivity index (χ0n) is 10.3. The molecule has 1 atom stereocenters. The molecular formula is C13H13ClFN3O. The zero-order valence-corrected chi connectivity index (χ0v) is 11.0. The summed E-state index contributed by atoms with van der Waals surface area (Å²) in [4.78, 5) is 19.0. The van der Waals surface area contributed by atoms with Crippen LogP contribution in [0.5, 0.6) is 0 Å². The highest BCUT2D eigenvalue weighted by Gasteiger charge is 2.18. The van der Waals surface area contributed by atoms with E-state index in [1.54, 1.807) is 12.4 Å². The summed E-state index contributed by atoms with van der Waals surface area (Å²) in [5.41, 5.74) is -0.0718. The number of aromatic amines is 1. The zero-order chi connectivity index (χ0) is 13.8. The summed E-state index contributed by atoms with van der Waals surface area (Å²) in [5, 5.41) is 3.04. The first-order valence-corrected chi connectivity index (χ1v) is 6.24. The Bertz CT molecular complexity index is 571. The van der Waals surface area contributed by atoms with Gasteiger partial charge in [-0.2, -0.15) is 0 Å². The highest BCUT2D eigenvalue weighted by atomic mass is 35.5. The first kappa shape index (κ1) is 13.5. The second-order valence-corrected chi connectivity index (χ2v) is 4.47. The summed E-state index contributed by atoms with van der Waals surface area (Å²) in [6, 6.07) is 3.59. The van der Waals surface area contributed by atoms with E-state index in [0.717, 1.165) is 0 Å². The first-order chi connectivity index (χ1) is 9.11. The van der Waals surface area contributed by atoms with Crippen LogP contribution < -0.4 is 5.32 Å². The van der Waals surface area contributed by atoms with Crippen molar-refractivity contribution >= 4 is 17.5 Å². The predicted octanol–water partition coefficient (Wildman–Crippen LogP) is 3.08. The Morgan fingerprint density at radius 1 is 1.58 bits per heavy atom. The van der Waals surface area contributed by atoms with Crippen LogP contribution in [-0.4, -0.2) is 15.9 Å². The minimum absolute atomic E-state index is 0.0718. The molecule has 0 spiro atoms. The fourth-order valence-corrected chi connectivity index (χ4v) is 1.91. The summed E-state index contributed by atoms with van der Waals surface area (Å²) in [5.74, 6) is -0.474. The van der Waals surface area contributed by atoms with Crippen LogP contribution in [0.4, 0.5) is 4.39 Å². The molecule has 0 aliphatic rings. The number of nitrogens with one attached hydrogen (secondary N) is 2. The smallest absolute Gasteiger partial charge is 0.254 e. The lowest BCUT2D eigenvalue weighted by Gasteiger charge is -2.15. The lowest BCUT2D eigenvalue weighted by atomic mass is 10.1. The molecule has 0 aliphatic heterocycles. The molecule has 0 aliphatic carbocycles. The molecule has 4 nitrogen and oxygen atoms in total. The van der Waals surface area contributed by atoms with Gasteiger partial charge in [0.1, 0.15) is 11.6 Å². The van der Waals surface area contributed by atoms with Crippen LogP contribution in [0.3, 0.4) is 0 Å². The van der Waals surface area contributed by atoms with Gasteiger partial charge in [0.25, 0.3) is 5.91 Å². The lowest BCUT2D eigenvalue weighted by molar-refractivity contribution is 0.0930. The lowest BCUT2D eigenvalue weighted by Crippen LogP contribution is -2.29. The number of halogens is 2.